The smallest absolute Gasteiger partial charge is 0.222 e. The van der Waals surface area contributed by atoms with Gasteiger partial charge in [-0.15, -0.1) is 0 Å². The van der Waals surface area contributed by atoms with E-state index in [1.54, 1.807) is 0 Å². The van der Waals surface area contributed by atoms with Crippen LogP contribution in [0.1, 0.15) is 32.5 Å². The Morgan fingerprint density at radius 2 is 2.15 bits per heavy atom. The first-order valence-electron chi connectivity index (χ1n) is 9.61. The molecule has 1 aliphatic heterocycles. The number of rotatable bonds is 6. The van der Waals surface area contributed by atoms with Crippen LogP contribution in [0.4, 0.5) is 0 Å². The first-order chi connectivity index (χ1) is 13.2. The first-order valence-corrected chi connectivity index (χ1v) is 9.61. The third kappa shape index (κ3) is 5.09. The molecule has 1 unspecified atom stereocenters. The minimum Gasteiger partial charge on any atom is -0.357 e. The van der Waals surface area contributed by atoms with Crippen molar-refractivity contribution in [3.63, 3.8) is 0 Å². The monoisotopic (exact) mass is 368 g/mol. The van der Waals surface area contributed by atoms with E-state index in [4.69, 9.17) is 0 Å². The van der Waals surface area contributed by atoms with Gasteiger partial charge in [0.1, 0.15) is 12.4 Å². The summed E-state index contributed by atoms with van der Waals surface area (Å²) in [6.45, 7) is 6.73. The van der Waals surface area contributed by atoms with Gasteiger partial charge in [0.2, 0.25) is 5.91 Å². The van der Waals surface area contributed by atoms with Crippen molar-refractivity contribution in [3.05, 3.63) is 42.4 Å². The summed E-state index contributed by atoms with van der Waals surface area (Å²) in [5, 5.41) is 6.71. The molecule has 27 heavy (non-hydrogen) atoms. The molecule has 7 heteroatoms. The maximum Gasteiger partial charge on any atom is 0.222 e. The van der Waals surface area contributed by atoms with Crippen molar-refractivity contribution in [2.24, 2.45) is 4.99 Å². The lowest BCUT2D eigenvalue weighted by atomic mass is 10.2. The third-order valence-corrected chi connectivity index (χ3v) is 4.63. The molecule has 2 aromatic rings. The third-order valence-electron chi connectivity index (χ3n) is 4.63. The van der Waals surface area contributed by atoms with E-state index in [0.29, 0.717) is 13.0 Å². The molecule has 0 radical (unpaired) electrons. The molecule has 1 atom stereocenters. The van der Waals surface area contributed by atoms with Crippen LogP contribution in [0.2, 0.25) is 0 Å². The molecule has 144 valence electrons. The molecule has 1 fully saturated rings. The Balaban J connectivity index is 1.60. The minimum atomic E-state index is 0.213. The maximum atomic E-state index is 11.8. The maximum absolute atomic E-state index is 11.8. The average molecular weight is 368 g/mol. The molecule has 1 aromatic carbocycles. The predicted molar refractivity (Wildman–Crippen MR) is 107 cm³/mol. The Hall–Kier alpha value is -2.83. The van der Waals surface area contributed by atoms with Gasteiger partial charge in [-0.2, -0.15) is 0 Å². The number of carbonyl (C=O) groups is 1. The van der Waals surface area contributed by atoms with Crippen molar-refractivity contribution in [2.45, 2.75) is 39.3 Å². The number of guanidine groups is 1. The highest BCUT2D eigenvalue weighted by Gasteiger charge is 2.25. The van der Waals surface area contributed by atoms with Gasteiger partial charge < -0.3 is 20.5 Å². The van der Waals surface area contributed by atoms with Gasteiger partial charge in [-0.05, 0) is 18.9 Å². The number of benzene rings is 1. The van der Waals surface area contributed by atoms with E-state index in [-0.39, 0.29) is 11.9 Å². The van der Waals surface area contributed by atoms with Crippen molar-refractivity contribution in [1.82, 2.24) is 25.5 Å². The van der Waals surface area contributed by atoms with Gasteiger partial charge in [-0.25, -0.2) is 9.98 Å². The molecule has 1 saturated heterocycles. The van der Waals surface area contributed by atoms with Crippen LogP contribution in [0, 0.1) is 0 Å². The van der Waals surface area contributed by atoms with E-state index in [2.05, 4.69) is 37.7 Å². The number of likely N-dealkylation sites (tertiary alicyclic amines) is 1. The number of hydrogen-bond acceptors (Lipinski definition) is 3. The highest BCUT2D eigenvalue weighted by atomic mass is 16.2. The van der Waals surface area contributed by atoms with Gasteiger partial charge in [0.15, 0.2) is 5.96 Å². The molecule has 0 spiro atoms. The zero-order valence-electron chi connectivity index (χ0n) is 16.0. The normalized spacial score (nSPS) is 17.2. The lowest BCUT2D eigenvalue weighted by Crippen LogP contribution is -2.45. The summed E-state index contributed by atoms with van der Waals surface area (Å²) in [6.07, 6.45) is 3.34. The topological polar surface area (TPSA) is 85.4 Å². The van der Waals surface area contributed by atoms with E-state index < -0.39 is 0 Å². The van der Waals surface area contributed by atoms with Crippen LogP contribution in [0.3, 0.4) is 0 Å². The summed E-state index contributed by atoms with van der Waals surface area (Å²) in [5.74, 6) is 1.79. The molecular weight excluding hydrogens is 340 g/mol. The number of hydrogen-bond donors (Lipinski definition) is 3. The van der Waals surface area contributed by atoms with Crippen molar-refractivity contribution in [3.8, 4) is 11.3 Å². The molecule has 0 saturated carbocycles. The van der Waals surface area contributed by atoms with Crippen LogP contribution in [0.25, 0.3) is 11.3 Å². The van der Waals surface area contributed by atoms with Crippen molar-refractivity contribution < 1.29 is 4.79 Å². The minimum absolute atomic E-state index is 0.213. The van der Waals surface area contributed by atoms with E-state index in [0.717, 1.165) is 49.1 Å². The van der Waals surface area contributed by atoms with Crippen LogP contribution < -0.4 is 10.6 Å². The number of aromatic amines is 1. The van der Waals surface area contributed by atoms with Crippen molar-refractivity contribution >= 4 is 11.9 Å². The van der Waals surface area contributed by atoms with Crippen LogP contribution in [0.5, 0.6) is 0 Å². The van der Waals surface area contributed by atoms with Crippen molar-refractivity contribution in [1.29, 1.82) is 0 Å². The lowest BCUT2D eigenvalue weighted by Gasteiger charge is -2.18. The fourth-order valence-corrected chi connectivity index (χ4v) is 3.20. The number of nitrogens with zero attached hydrogens (tertiary/aromatic N) is 3. The van der Waals surface area contributed by atoms with Crippen LogP contribution in [-0.4, -0.2) is 52.4 Å². The van der Waals surface area contributed by atoms with Crippen LogP contribution in [0.15, 0.2) is 41.5 Å². The fourth-order valence-electron chi connectivity index (χ4n) is 3.20. The summed E-state index contributed by atoms with van der Waals surface area (Å²) in [6, 6.07) is 10.3. The molecule has 0 aliphatic carbocycles. The van der Waals surface area contributed by atoms with Gasteiger partial charge in [0.05, 0.1) is 11.9 Å². The number of H-pyrrole nitrogens is 1. The molecule has 7 nitrogen and oxygen atoms in total. The summed E-state index contributed by atoms with van der Waals surface area (Å²) in [7, 11) is 0. The van der Waals surface area contributed by atoms with Gasteiger partial charge in [-0.1, -0.05) is 37.3 Å². The van der Waals surface area contributed by atoms with E-state index in [1.807, 2.05) is 43.1 Å². The highest BCUT2D eigenvalue weighted by molar-refractivity contribution is 5.80. The van der Waals surface area contributed by atoms with E-state index in [9.17, 15) is 4.79 Å². The predicted octanol–water partition coefficient (Wildman–Crippen LogP) is 2.14. The van der Waals surface area contributed by atoms with Gasteiger partial charge in [-0.3, -0.25) is 4.79 Å². The zero-order valence-corrected chi connectivity index (χ0v) is 16.0. The van der Waals surface area contributed by atoms with E-state index >= 15 is 0 Å². The fraction of sp³-hybridized carbons (Fsp3) is 0.450. The lowest BCUT2D eigenvalue weighted by molar-refractivity contribution is -0.129. The average Bonchev–Trinajstić information content (AvgIpc) is 3.36. The number of aliphatic imine (C=N–C) groups is 1. The second kappa shape index (κ2) is 9.21. The Morgan fingerprint density at radius 1 is 1.33 bits per heavy atom. The molecule has 3 rings (SSSR count). The summed E-state index contributed by atoms with van der Waals surface area (Å²) in [4.78, 5) is 26.2. The Labute approximate surface area is 160 Å². The van der Waals surface area contributed by atoms with E-state index in [1.165, 1.54) is 0 Å². The summed E-state index contributed by atoms with van der Waals surface area (Å²) < 4.78 is 0. The molecule has 1 amide bonds. The Bertz CT molecular complexity index is 770. The standard InChI is InChI=1S/C20H28N6O/c1-3-19(27)26-11-10-16(14-26)24-20(21-4-2)23-13-18-22-12-17(25-18)15-8-6-5-7-9-15/h5-9,12,16H,3-4,10-11,13-14H2,1-2H3,(H,22,25)(H2,21,23,24). The summed E-state index contributed by atoms with van der Waals surface area (Å²) in [5.41, 5.74) is 2.10. The number of amides is 1. The SMILES string of the molecule is CCNC(=NCc1ncc(-c2ccccc2)[nH]1)NC1CCN(C(=O)CC)C1. The number of carbonyl (C=O) groups excluding carboxylic acids is 1. The molecular formula is C20H28N6O. The number of imidazole rings is 1. The summed E-state index contributed by atoms with van der Waals surface area (Å²) >= 11 is 0. The molecule has 0 bridgehead atoms. The van der Waals surface area contributed by atoms with Crippen molar-refractivity contribution in [2.75, 3.05) is 19.6 Å². The highest BCUT2D eigenvalue weighted by Crippen LogP contribution is 2.16. The quantitative estimate of drug-likeness (QED) is 0.539. The first kappa shape index (κ1) is 18.9. The van der Waals surface area contributed by atoms with Gasteiger partial charge in [0.25, 0.3) is 0 Å². The Morgan fingerprint density at radius 3 is 2.89 bits per heavy atom. The zero-order chi connectivity index (χ0) is 19.1. The van der Waals surface area contributed by atoms with Crippen LogP contribution in [-0.2, 0) is 11.3 Å². The number of aromatic nitrogens is 2. The largest absolute Gasteiger partial charge is 0.357 e. The number of nitrogens with one attached hydrogen (secondary N) is 3. The molecule has 1 aliphatic rings. The Kier molecular flexibility index (Phi) is 6.46. The molecule has 1 aromatic heterocycles. The van der Waals surface area contributed by atoms with Gasteiger partial charge in [0, 0.05) is 32.1 Å². The second-order valence-electron chi connectivity index (χ2n) is 6.63. The molecule has 2 heterocycles. The van der Waals surface area contributed by atoms with Gasteiger partial charge >= 0.3 is 0 Å². The molecule has 3 N–H and O–H groups in total. The second-order valence-corrected chi connectivity index (χ2v) is 6.63. The van der Waals surface area contributed by atoms with Crippen LogP contribution >= 0.6 is 0 Å².